The number of hydrogen-bond donors (Lipinski definition) is 1. The highest BCUT2D eigenvalue weighted by Gasteiger charge is 2.16. The molecule has 1 N–H and O–H groups in total. The molecule has 0 fully saturated rings. The fourth-order valence-electron chi connectivity index (χ4n) is 2.75. The molecule has 4 rings (SSSR count). The molecule has 26 heavy (non-hydrogen) atoms. The Kier molecular flexibility index (Phi) is 4.57. The third-order valence-corrected chi connectivity index (χ3v) is 4.00. The van der Waals surface area contributed by atoms with Crippen molar-refractivity contribution in [3.05, 3.63) is 95.8 Å². The Bertz CT molecular complexity index is 950. The van der Waals surface area contributed by atoms with Crippen molar-refractivity contribution in [2.75, 3.05) is 0 Å². The summed E-state index contributed by atoms with van der Waals surface area (Å²) in [4.78, 5) is 4.33. The van der Waals surface area contributed by atoms with Crippen LogP contribution in [-0.4, -0.2) is 10.1 Å². The summed E-state index contributed by atoms with van der Waals surface area (Å²) >= 11 is 0. The zero-order valence-electron chi connectivity index (χ0n) is 13.8. The van der Waals surface area contributed by atoms with Crippen LogP contribution in [0.2, 0.25) is 0 Å². The number of nitrogens with one attached hydrogen (secondary N) is 1. The lowest BCUT2D eigenvalue weighted by Gasteiger charge is -2.19. The van der Waals surface area contributed by atoms with E-state index in [4.69, 9.17) is 8.94 Å². The van der Waals surface area contributed by atoms with E-state index in [0.717, 1.165) is 11.1 Å². The van der Waals surface area contributed by atoms with Crippen LogP contribution in [0.25, 0.3) is 11.6 Å². The number of aromatic nitrogens is 2. The second kappa shape index (κ2) is 7.33. The summed E-state index contributed by atoms with van der Waals surface area (Å²) in [6, 6.07) is 19.8. The van der Waals surface area contributed by atoms with Crippen LogP contribution in [0.3, 0.4) is 0 Å². The maximum absolute atomic E-state index is 13.3. The number of furan rings is 1. The SMILES string of the molecule is Fc1ccc([C@@H](NCc2nc(-c3ccco3)no2)c2ccccc2)cc1. The first-order chi connectivity index (χ1) is 12.8. The van der Waals surface area contributed by atoms with Gasteiger partial charge in [0.1, 0.15) is 5.82 Å². The molecule has 6 heteroatoms. The summed E-state index contributed by atoms with van der Waals surface area (Å²) in [5, 5.41) is 7.32. The standard InChI is InChI=1S/C20H16FN3O2/c21-16-10-8-15(9-11-16)19(14-5-2-1-3-6-14)22-13-18-23-20(24-26-18)17-7-4-12-25-17/h1-12,19,22H,13H2/t19-/m0/s1. The van der Waals surface area contributed by atoms with Crippen LogP contribution >= 0.6 is 0 Å². The first-order valence-electron chi connectivity index (χ1n) is 8.20. The van der Waals surface area contributed by atoms with Crippen LogP contribution < -0.4 is 5.32 Å². The van der Waals surface area contributed by atoms with Crippen molar-refractivity contribution in [3.63, 3.8) is 0 Å². The van der Waals surface area contributed by atoms with Gasteiger partial charge in [0.2, 0.25) is 11.7 Å². The predicted molar refractivity (Wildman–Crippen MR) is 93.5 cm³/mol. The highest BCUT2D eigenvalue weighted by Crippen LogP contribution is 2.23. The Labute approximate surface area is 149 Å². The maximum Gasteiger partial charge on any atom is 0.241 e. The second-order valence-electron chi connectivity index (χ2n) is 5.77. The molecule has 130 valence electrons. The van der Waals surface area contributed by atoms with Crippen molar-refractivity contribution in [3.8, 4) is 11.6 Å². The molecule has 0 bridgehead atoms. The van der Waals surface area contributed by atoms with Gasteiger partial charge in [-0.25, -0.2) is 4.39 Å². The Balaban J connectivity index is 1.54. The minimum Gasteiger partial charge on any atom is -0.461 e. The van der Waals surface area contributed by atoms with Crippen LogP contribution in [0, 0.1) is 5.82 Å². The summed E-state index contributed by atoms with van der Waals surface area (Å²) in [5.74, 6) is 1.14. The average molecular weight is 349 g/mol. The molecule has 2 heterocycles. The third-order valence-electron chi connectivity index (χ3n) is 4.00. The predicted octanol–water partition coefficient (Wildman–Crippen LogP) is 4.35. The van der Waals surface area contributed by atoms with Crippen molar-refractivity contribution in [1.29, 1.82) is 0 Å². The highest BCUT2D eigenvalue weighted by molar-refractivity contribution is 5.44. The minimum absolute atomic E-state index is 0.129. The molecule has 0 aliphatic carbocycles. The molecule has 0 spiro atoms. The smallest absolute Gasteiger partial charge is 0.241 e. The lowest BCUT2D eigenvalue weighted by molar-refractivity contribution is 0.362. The summed E-state index contributed by atoms with van der Waals surface area (Å²) in [7, 11) is 0. The first kappa shape index (κ1) is 16.2. The quantitative estimate of drug-likeness (QED) is 0.561. The topological polar surface area (TPSA) is 64.1 Å². The summed E-state index contributed by atoms with van der Waals surface area (Å²) in [6.45, 7) is 0.366. The van der Waals surface area contributed by atoms with Crippen LogP contribution in [0.1, 0.15) is 23.1 Å². The third kappa shape index (κ3) is 3.55. The van der Waals surface area contributed by atoms with E-state index in [9.17, 15) is 4.39 Å². The molecule has 0 unspecified atom stereocenters. The minimum atomic E-state index is -0.263. The Morgan fingerprint density at radius 1 is 0.923 bits per heavy atom. The normalized spacial score (nSPS) is 12.2. The largest absolute Gasteiger partial charge is 0.461 e. The molecule has 0 saturated carbocycles. The number of hydrogen-bond acceptors (Lipinski definition) is 5. The molecular weight excluding hydrogens is 333 g/mol. The summed E-state index contributed by atoms with van der Waals surface area (Å²) < 4.78 is 23.8. The summed E-state index contributed by atoms with van der Waals surface area (Å²) in [5.41, 5.74) is 2.01. The molecular formula is C20H16FN3O2. The van der Waals surface area contributed by atoms with E-state index < -0.39 is 0 Å². The van der Waals surface area contributed by atoms with Gasteiger partial charge in [-0.1, -0.05) is 47.6 Å². The maximum atomic E-state index is 13.3. The fourth-order valence-corrected chi connectivity index (χ4v) is 2.75. The van der Waals surface area contributed by atoms with Gasteiger partial charge in [0.15, 0.2) is 5.76 Å². The van der Waals surface area contributed by atoms with E-state index in [-0.39, 0.29) is 11.9 Å². The molecule has 0 amide bonds. The van der Waals surface area contributed by atoms with Crippen molar-refractivity contribution in [2.45, 2.75) is 12.6 Å². The van der Waals surface area contributed by atoms with Crippen LogP contribution in [0.5, 0.6) is 0 Å². The molecule has 1 atom stereocenters. The lowest BCUT2D eigenvalue weighted by Crippen LogP contribution is -2.22. The van der Waals surface area contributed by atoms with E-state index in [2.05, 4.69) is 15.5 Å². The fraction of sp³-hybridized carbons (Fsp3) is 0.100. The van der Waals surface area contributed by atoms with Crippen LogP contribution in [0.4, 0.5) is 4.39 Å². The van der Waals surface area contributed by atoms with Gasteiger partial charge in [0.25, 0.3) is 0 Å². The van der Waals surface area contributed by atoms with Crippen molar-refractivity contribution >= 4 is 0 Å². The second-order valence-corrected chi connectivity index (χ2v) is 5.77. The van der Waals surface area contributed by atoms with E-state index in [0.29, 0.717) is 24.0 Å². The Morgan fingerprint density at radius 2 is 1.69 bits per heavy atom. The molecule has 2 aromatic heterocycles. The number of nitrogens with zero attached hydrogens (tertiary/aromatic N) is 2. The van der Waals surface area contributed by atoms with Crippen LogP contribution in [-0.2, 0) is 6.54 Å². The molecule has 0 aliphatic heterocycles. The molecule has 2 aromatic carbocycles. The van der Waals surface area contributed by atoms with Gasteiger partial charge in [-0.05, 0) is 35.4 Å². The molecule has 0 saturated heterocycles. The van der Waals surface area contributed by atoms with Gasteiger partial charge in [0, 0.05) is 0 Å². The first-order valence-corrected chi connectivity index (χ1v) is 8.20. The van der Waals surface area contributed by atoms with Crippen molar-refractivity contribution < 1.29 is 13.3 Å². The summed E-state index contributed by atoms with van der Waals surface area (Å²) in [6.07, 6.45) is 1.56. The van der Waals surface area contributed by atoms with Gasteiger partial charge in [0.05, 0.1) is 18.8 Å². The average Bonchev–Trinajstić information content (AvgIpc) is 3.36. The lowest BCUT2D eigenvalue weighted by atomic mass is 9.98. The number of rotatable bonds is 6. The molecule has 4 aromatic rings. The van der Waals surface area contributed by atoms with Gasteiger partial charge in [-0.2, -0.15) is 4.98 Å². The zero-order valence-corrected chi connectivity index (χ0v) is 13.8. The zero-order chi connectivity index (χ0) is 17.8. The van der Waals surface area contributed by atoms with Gasteiger partial charge < -0.3 is 8.94 Å². The van der Waals surface area contributed by atoms with Gasteiger partial charge in [-0.15, -0.1) is 0 Å². The molecule has 0 radical (unpaired) electrons. The van der Waals surface area contributed by atoms with E-state index in [1.165, 1.54) is 12.1 Å². The monoisotopic (exact) mass is 349 g/mol. The number of benzene rings is 2. The molecule has 5 nitrogen and oxygen atoms in total. The van der Waals surface area contributed by atoms with Crippen molar-refractivity contribution in [1.82, 2.24) is 15.5 Å². The number of halogens is 1. The van der Waals surface area contributed by atoms with E-state index >= 15 is 0 Å². The molecule has 0 aliphatic rings. The van der Waals surface area contributed by atoms with Gasteiger partial charge in [-0.3, -0.25) is 5.32 Å². The Hall–Kier alpha value is -3.25. The highest BCUT2D eigenvalue weighted by atomic mass is 19.1. The van der Waals surface area contributed by atoms with Crippen molar-refractivity contribution in [2.24, 2.45) is 0 Å². The van der Waals surface area contributed by atoms with E-state index in [1.54, 1.807) is 30.5 Å². The Morgan fingerprint density at radius 3 is 2.42 bits per heavy atom. The van der Waals surface area contributed by atoms with Gasteiger partial charge >= 0.3 is 0 Å². The van der Waals surface area contributed by atoms with E-state index in [1.807, 2.05) is 30.3 Å². The van der Waals surface area contributed by atoms with Crippen LogP contribution in [0.15, 0.2) is 81.9 Å².